The summed E-state index contributed by atoms with van der Waals surface area (Å²) >= 11 is 0. The van der Waals surface area contributed by atoms with E-state index in [1.54, 1.807) is 12.3 Å². The predicted octanol–water partition coefficient (Wildman–Crippen LogP) is 0.601. The molecule has 4 N–H and O–H groups in total. The molecule has 2 rings (SSSR count). The minimum absolute atomic E-state index is 0.0895. The lowest BCUT2D eigenvalue weighted by molar-refractivity contribution is 0.266. The molecule has 70 valence electrons. The SMILES string of the molecule is Nc1cc(NC2(CO)CC2)ccn1. The second kappa shape index (κ2) is 2.88. The molecule has 1 aliphatic rings. The van der Waals surface area contributed by atoms with Crippen LogP contribution in [0.4, 0.5) is 11.5 Å². The van der Waals surface area contributed by atoms with Gasteiger partial charge in [-0.2, -0.15) is 0 Å². The van der Waals surface area contributed by atoms with E-state index in [9.17, 15) is 0 Å². The molecule has 4 heteroatoms. The Bertz CT molecular complexity index is 309. The molecule has 0 aromatic carbocycles. The fraction of sp³-hybridized carbons (Fsp3) is 0.444. The van der Waals surface area contributed by atoms with Crippen molar-refractivity contribution in [3.8, 4) is 0 Å². The molecule has 0 spiro atoms. The van der Waals surface area contributed by atoms with Gasteiger partial charge in [-0.25, -0.2) is 4.98 Å². The van der Waals surface area contributed by atoms with Gasteiger partial charge in [0.25, 0.3) is 0 Å². The molecule has 1 fully saturated rings. The Balaban J connectivity index is 2.09. The van der Waals surface area contributed by atoms with Gasteiger partial charge in [0.15, 0.2) is 0 Å². The molecule has 1 aromatic heterocycles. The number of nitrogen functional groups attached to an aromatic ring is 1. The van der Waals surface area contributed by atoms with Crippen molar-refractivity contribution in [2.75, 3.05) is 17.7 Å². The fourth-order valence-electron chi connectivity index (χ4n) is 1.31. The zero-order valence-electron chi connectivity index (χ0n) is 7.33. The molecule has 0 aliphatic heterocycles. The molecule has 0 amide bonds. The van der Waals surface area contributed by atoms with Crippen LogP contribution >= 0.6 is 0 Å². The molecule has 0 radical (unpaired) electrons. The third kappa shape index (κ3) is 1.72. The van der Waals surface area contributed by atoms with Gasteiger partial charge in [0.1, 0.15) is 5.82 Å². The van der Waals surface area contributed by atoms with Gasteiger partial charge in [0.2, 0.25) is 0 Å². The molecular weight excluding hydrogens is 166 g/mol. The van der Waals surface area contributed by atoms with Gasteiger partial charge < -0.3 is 16.2 Å². The zero-order chi connectivity index (χ0) is 9.31. The Kier molecular flexibility index (Phi) is 1.84. The van der Waals surface area contributed by atoms with E-state index in [2.05, 4.69) is 10.3 Å². The van der Waals surface area contributed by atoms with Crippen molar-refractivity contribution in [2.45, 2.75) is 18.4 Å². The molecule has 4 nitrogen and oxygen atoms in total. The number of hydrogen-bond donors (Lipinski definition) is 3. The van der Waals surface area contributed by atoms with Gasteiger partial charge in [0.05, 0.1) is 12.1 Å². The molecule has 0 saturated heterocycles. The molecule has 0 bridgehead atoms. The lowest BCUT2D eigenvalue weighted by Gasteiger charge is -2.15. The molecule has 1 aliphatic carbocycles. The molecule has 0 atom stereocenters. The minimum atomic E-state index is -0.0895. The first-order valence-electron chi connectivity index (χ1n) is 4.35. The van der Waals surface area contributed by atoms with Crippen LogP contribution in [0.2, 0.25) is 0 Å². The van der Waals surface area contributed by atoms with Gasteiger partial charge in [-0.3, -0.25) is 0 Å². The van der Waals surface area contributed by atoms with E-state index in [-0.39, 0.29) is 12.1 Å². The Hall–Kier alpha value is -1.29. The molecule has 1 aromatic rings. The lowest BCUT2D eigenvalue weighted by atomic mass is 10.2. The number of nitrogens with one attached hydrogen (secondary N) is 1. The van der Waals surface area contributed by atoms with Crippen LogP contribution in [0.1, 0.15) is 12.8 Å². The number of rotatable bonds is 3. The summed E-state index contributed by atoms with van der Waals surface area (Å²) in [5, 5.41) is 12.3. The number of anilines is 2. The average Bonchev–Trinajstić information content (AvgIpc) is 2.86. The van der Waals surface area contributed by atoms with Crippen LogP contribution in [-0.2, 0) is 0 Å². The van der Waals surface area contributed by atoms with Gasteiger partial charge in [-0.05, 0) is 18.9 Å². The first kappa shape index (κ1) is 8.31. The summed E-state index contributed by atoms with van der Waals surface area (Å²) in [4.78, 5) is 3.89. The summed E-state index contributed by atoms with van der Waals surface area (Å²) in [6, 6.07) is 3.63. The van der Waals surface area contributed by atoms with Crippen molar-refractivity contribution < 1.29 is 5.11 Å². The van der Waals surface area contributed by atoms with Crippen molar-refractivity contribution >= 4 is 11.5 Å². The Morgan fingerprint density at radius 3 is 2.92 bits per heavy atom. The highest BCUT2D eigenvalue weighted by molar-refractivity contribution is 5.52. The van der Waals surface area contributed by atoms with Gasteiger partial charge >= 0.3 is 0 Å². The topological polar surface area (TPSA) is 71.2 Å². The van der Waals surface area contributed by atoms with Gasteiger partial charge in [-0.15, -0.1) is 0 Å². The third-order valence-corrected chi connectivity index (χ3v) is 2.35. The van der Waals surface area contributed by atoms with Crippen molar-refractivity contribution in [1.29, 1.82) is 0 Å². The van der Waals surface area contributed by atoms with E-state index in [1.807, 2.05) is 6.07 Å². The standard InChI is InChI=1S/C9H13N3O/c10-8-5-7(1-4-11-8)12-9(6-13)2-3-9/h1,4-5,13H,2-3,6H2,(H3,10,11,12). The smallest absolute Gasteiger partial charge is 0.125 e. The van der Waals surface area contributed by atoms with E-state index in [1.165, 1.54) is 0 Å². The quantitative estimate of drug-likeness (QED) is 0.635. The van der Waals surface area contributed by atoms with Gasteiger partial charge in [0, 0.05) is 18.0 Å². The van der Waals surface area contributed by atoms with Crippen LogP contribution in [0.15, 0.2) is 18.3 Å². The number of aromatic nitrogens is 1. The molecular formula is C9H13N3O. The van der Waals surface area contributed by atoms with Gasteiger partial charge in [-0.1, -0.05) is 0 Å². The van der Waals surface area contributed by atoms with Crippen LogP contribution in [0, 0.1) is 0 Å². The highest BCUT2D eigenvalue weighted by Gasteiger charge is 2.41. The molecule has 0 unspecified atom stereocenters. The molecule has 1 heterocycles. The number of nitrogens with two attached hydrogens (primary N) is 1. The van der Waals surface area contributed by atoms with Crippen LogP contribution in [0.3, 0.4) is 0 Å². The van der Waals surface area contributed by atoms with Crippen molar-refractivity contribution in [1.82, 2.24) is 4.98 Å². The number of hydrogen-bond acceptors (Lipinski definition) is 4. The summed E-state index contributed by atoms with van der Waals surface area (Å²) in [5.41, 5.74) is 6.37. The minimum Gasteiger partial charge on any atom is -0.394 e. The maximum atomic E-state index is 9.08. The third-order valence-electron chi connectivity index (χ3n) is 2.35. The second-order valence-electron chi connectivity index (χ2n) is 3.53. The summed E-state index contributed by atoms with van der Waals surface area (Å²) < 4.78 is 0. The van der Waals surface area contributed by atoms with E-state index < -0.39 is 0 Å². The first-order valence-corrected chi connectivity index (χ1v) is 4.35. The maximum Gasteiger partial charge on any atom is 0.125 e. The van der Waals surface area contributed by atoms with Crippen LogP contribution in [0.25, 0.3) is 0 Å². The Morgan fingerprint density at radius 2 is 2.38 bits per heavy atom. The van der Waals surface area contributed by atoms with E-state index in [0.717, 1.165) is 18.5 Å². The van der Waals surface area contributed by atoms with Crippen molar-refractivity contribution in [3.63, 3.8) is 0 Å². The monoisotopic (exact) mass is 179 g/mol. The van der Waals surface area contributed by atoms with Crippen LogP contribution in [0.5, 0.6) is 0 Å². The largest absolute Gasteiger partial charge is 0.394 e. The Labute approximate surface area is 76.8 Å². The van der Waals surface area contributed by atoms with E-state index >= 15 is 0 Å². The molecule has 13 heavy (non-hydrogen) atoms. The highest BCUT2D eigenvalue weighted by Crippen LogP contribution is 2.38. The first-order chi connectivity index (χ1) is 6.24. The normalized spacial score (nSPS) is 18.2. The zero-order valence-corrected chi connectivity index (χ0v) is 7.33. The number of pyridine rings is 1. The number of aliphatic hydroxyl groups excluding tert-OH is 1. The van der Waals surface area contributed by atoms with Crippen molar-refractivity contribution in [3.05, 3.63) is 18.3 Å². The summed E-state index contributed by atoms with van der Waals surface area (Å²) in [6.07, 6.45) is 3.70. The fourth-order valence-corrected chi connectivity index (χ4v) is 1.31. The van der Waals surface area contributed by atoms with Crippen molar-refractivity contribution in [2.24, 2.45) is 0 Å². The van der Waals surface area contributed by atoms with E-state index in [4.69, 9.17) is 10.8 Å². The number of nitrogens with zero attached hydrogens (tertiary/aromatic N) is 1. The lowest BCUT2D eigenvalue weighted by Crippen LogP contribution is -2.25. The Morgan fingerprint density at radius 1 is 1.62 bits per heavy atom. The predicted molar refractivity (Wildman–Crippen MR) is 51.3 cm³/mol. The average molecular weight is 179 g/mol. The number of aliphatic hydroxyl groups is 1. The van der Waals surface area contributed by atoms with Crippen LogP contribution in [-0.4, -0.2) is 22.2 Å². The summed E-state index contributed by atoms with van der Waals surface area (Å²) in [6.45, 7) is 0.176. The van der Waals surface area contributed by atoms with Crippen LogP contribution < -0.4 is 11.1 Å². The second-order valence-corrected chi connectivity index (χ2v) is 3.53. The molecule has 1 saturated carbocycles. The highest BCUT2D eigenvalue weighted by atomic mass is 16.3. The summed E-state index contributed by atoms with van der Waals surface area (Å²) in [7, 11) is 0. The maximum absolute atomic E-state index is 9.08. The summed E-state index contributed by atoms with van der Waals surface area (Å²) in [5.74, 6) is 0.499. The van der Waals surface area contributed by atoms with E-state index in [0.29, 0.717) is 5.82 Å².